The van der Waals surface area contributed by atoms with Crippen LogP contribution in [0.3, 0.4) is 0 Å². The molecule has 2 aliphatic heterocycles. The second-order valence-corrected chi connectivity index (χ2v) is 9.49. The molecule has 0 aliphatic carbocycles. The molecular weight excluding hydrogens is 414 g/mol. The number of aryl methyl sites for hydroxylation is 1. The minimum absolute atomic E-state index is 0. The SMILES string of the molecule is Cl.Cn1ccc2c(N3CCN(CCCCN4C(=O)CC(C)(C)CC4=O)CC3)nccc21. The minimum atomic E-state index is -0.191. The molecule has 0 N–H and O–H groups in total. The van der Waals surface area contributed by atoms with Crippen LogP contribution in [-0.2, 0) is 16.6 Å². The van der Waals surface area contributed by atoms with Crippen molar-refractivity contribution < 1.29 is 9.59 Å². The lowest BCUT2D eigenvalue weighted by molar-refractivity contribution is -0.152. The van der Waals surface area contributed by atoms with Crippen molar-refractivity contribution in [3.05, 3.63) is 24.5 Å². The highest BCUT2D eigenvalue weighted by atomic mass is 35.5. The van der Waals surface area contributed by atoms with E-state index in [0.29, 0.717) is 19.4 Å². The van der Waals surface area contributed by atoms with Crippen LogP contribution in [0.2, 0.25) is 0 Å². The number of likely N-dealkylation sites (tertiary alicyclic amines) is 1. The van der Waals surface area contributed by atoms with E-state index in [9.17, 15) is 9.59 Å². The average molecular weight is 448 g/mol. The van der Waals surface area contributed by atoms with Gasteiger partial charge < -0.3 is 9.47 Å². The molecule has 2 amide bonds. The summed E-state index contributed by atoms with van der Waals surface area (Å²) in [6, 6.07) is 4.21. The van der Waals surface area contributed by atoms with Crippen molar-refractivity contribution in [2.24, 2.45) is 12.5 Å². The van der Waals surface area contributed by atoms with Crippen molar-refractivity contribution in [2.45, 2.75) is 39.5 Å². The molecule has 8 heteroatoms. The topological polar surface area (TPSA) is 61.7 Å². The van der Waals surface area contributed by atoms with Crippen molar-refractivity contribution >= 4 is 40.9 Å². The van der Waals surface area contributed by atoms with Crippen LogP contribution in [-0.4, -0.2) is 70.4 Å². The van der Waals surface area contributed by atoms with Crippen LogP contribution in [0.1, 0.15) is 39.5 Å². The number of hydrogen-bond acceptors (Lipinski definition) is 5. The molecule has 2 aromatic heterocycles. The van der Waals surface area contributed by atoms with Gasteiger partial charge >= 0.3 is 0 Å². The van der Waals surface area contributed by atoms with Crippen LogP contribution >= 0.6 is 12.4 Å². The number of anilines is 1. The summed E-state index contributed by atoms with van der Waals surface area (Å²) in [5, 5.41) is 1.22. The van der Waals surface area contributed by atoms with Gasteiger partial charge in [0, 0.05) is 70.4 Å². The zero-order valence-corrected chi connectivity index (χ0v) is 19.7. The lowest BCUT2D eigenvalue weighted by atomic mass is 9.82. The molecule has 0 atom stereocenters. The van der Waals surface area contributed by atoms with E-state index in [2.05, 4.69) is 44.7 Å². The first-order valence-electron chi connectivity index (χ1n) is 11.0. The summed E-state index contributed by atoms with van der Waals surface area (Å²) < 4.78 is 2.13. The third-order valence-corrected chi connectivity index (χ3v) is 6.43. The Bertz CT molecular complexity index is 913. The van der Waals surface area contributed by atoms with Gasteiger partial charge in [0.25, 0.3) is 0 Å². The fourth-order valence-corrected chi connectivity index (χ4v) is 4.69. The van der Waals surface area contributed by atoms with E-state index in [0.717, 1.165) is 51.4 Å². The van der Waals surface area contributed by atoms with Crippen molar-refractivity contribution in [3.8, 4) is 0 Å². The van der Waals surface area contributed by atoms with Gasteiger partial charge in [0.05, 0.1) is 5.52 Å². The monoisotopic (exact) mass is 447 g/mol. The maximum Gasteiger partial charge on any atom is 0.229 e. The summed E-state index contributed by atoms with van der Waals surface area (Å²) in [5.74, 6) is 1.07. The molecule has 0 bridgehead atoms. The largest absolute Gasteiger partial charge is 0.353 e. The number of carbonyl (C=O) groups is 2. The van der Waals surface area contributed by atoms with Crippen LogP contribution in [0.15, 0.2) is 24.5 Å². The number of nitrogens with zero attached hydrogens (tertiary/aromatic N) is 5. The van der Waals surface area contributed by atoms with Gasteiger partial charge in [-0.3, -0.25) is 19.4 Å². The molecule has 2 aliphatic rings. The van der Waals surface area contributed by atoms with Crippen molar-refractivity contribution in [1.29, 1.82) is 0 Å². The number of aromatic nitrogens is 2. The highest BCUT2D eigenvalue weighted by Crippen LogP contribution is 2.31. The first kappa shape index (κ1) is 23.5. The number of unbranched alkanes of at least 4 members (excludes halogenated alkanes) is 1. The lowest BCUT2D eigenvalue weighted by Crippen LogP contribution is -2.47. The van der Waals surface area contributed by atoms with Crippen LogP contribution in [0.5, 0.6) is 0 Å². The number of piperazine rings is 1. The Hall–Kier alpha value is -2.12. The molecule has 0 saturated carbocycles. The maximum absolute atomic E-state index is 12.3. The lowest BCUT2D eigenvalue weighted by Gasteiger charge is -2.36. The number of amides is 2. The number of imide groups is 1. The third kappa shape index (κ3) is 5.21. The van der Waals surface area contributed by atoms with E-state index in [1.54, 1.807) is 0 Å². The van der Waals surface area contributed by atoms with Crippen LogP contribution in [0.25, 0.3) is 10.9 Å². The molecule has 2 saturated heterocycles. The van der Waals surface area contributed by atoms with Gasteiger partial charge in [-0.05, 0) is 36.9 Å². The van der Waals surface area contributed by atoms with E-state index < -0.39 is 0 Å². The summed E-state index contributed by atoms with van der Waals surface area (Å²) in [6.07, 6.45) is 6.82. The fourth-order valence-electron chi connectivity index (χ4n) is 4.69. The first-order valence-corrected chi connectivity index (χ1v) is 11.0. The number of fused-ring (bicyclic) bond motifs is 1. The maximum atomic E-state index is 12.3. The Kier molecular flexibility index (Phi) is 7.27. The van der Waals surface area contributed by atoms with Gasteiger partial charge in [0.2, 0.25) is 11.8 Å². The fraction of sp³-hybridized carbons (Fsp3) is 0.609. The van der Waals surface area contributed by atoms with E-state index in [-0.39, 0.29) is 29.6 Å². The molecule has 0 radical (unpaired) electrons. The van der Waals surface area contributed by atoms with Crippen molar-refractivity contribution in [3.63, 3.8) is 0 Å². The molecule has 7 nitrogen and oxygen atoms in total. The predicted octanol–water partition coefficient (Wildman–Crippen LogP) is 3.07. The molecule has 2 fully saturated rings. The van der Waals surface area contributed by atoms with Gasteiger partial charge in [-0.1, -0.05) is 13.8 Å². The summed E-state index contributed by atoms with van der Waals surface area (Å²) in [7, 11) is 2.07. The second kappa shape index (κ2) is 9.57. The summed E-state index contributed by atoms with van der Waals surface area (Å²) in [6.45, 7) is 9.53. The van der Waals surface area contributed by atoms with E-state index in [1.807, 2.05) is 20.0 Å². The molecule has 2 aromatic rings. The minimum Gasteiger partial charge on any atom is -0.353 e. The normalized spacial score (nSPS) is 19.7. The van der Waals surface area contributed by atoms with Crippen molar-refractivity contribution in [2.75, 3.05) is 44.2 Å². The Morgan fingerprint density at radius 2 is 1.61 bits per heavy atom. The summed E-state index contributed by atoms with van der Waals surface area (Å²) in [4.78, 5) is 35.5. The Morgan fingerprint density at radius 1 is 0.968 bits per heavy atom. The van der Waals surface area contributed by atoms with E-state index in [4.69, 9.17) is 0 Å². The Labute approximate surface area is 190 Å². The third-order valence-electron chi connectivity index (χ3n) is 6.43. The molecule has 170 valence electrons. The highest BCUT2D eigenvalue weighted by Gasteiger charge is 2.36. The number of halogens is 1. The summed E-state index contributed by atoms with van der Waals surface area (Å²) >= 11 is 0. The average Bonchev–Trinajstić information content (AvgIpc) is 3.08. The van der Waals surface area contributed by atoms with Crippen LogP contribution < -0.4 is 4.90 Å². The molecule has 4 heterocycles. The number of rotatable bonds is 6. The Morgan fingerprint density at radius 3 is 2.29 bits per heavy atom. The zero-order chi connectivity index (χ0) is 21.3. The number of pyridine rings is 1. The van der Waals surface area contributed by atoms with E-state index in [1.165, 1.54) is 15.8 Å². The highest BCUT2D eigenvalue weighted by molar-refractivity contribution is 5.98. The van der Waals surface area contributed by atoms with Crippen LogP contribution in [0.4, 0.5) is 5.82 Å². The summed E-state index contributed by atoms with van der Waals surface area (Å²) in [5.41, 5.74) is 1.02. The number of hydrogen-bond donors (Lipinski definition) is 0. The quantitative estimate of drug-likeness (QED) is 0.503. The molecule has 0 spiro atoms. The van der Waals surface area contributed by atoms with Gasteiger partial charge in [-0.15, -0.1) is 12.4 Å². The van der Waals surface area contributed by atoms with E-state index >= 15 is 0 Å². The van der Waals surface area contributed by atoms with Gasteiger partial charge in [-0.25, -0.2) is 4.98 Å². The standard InChI is InChI=1S/C23H33N5O2.ClH/c1-23(2)16-20(29)28(21(30)17-23)10-5-4-9-26-12-14-27(15-13-26)22-18-7-11-25(3)19(18)6-8-24-22;/h6-8,11H,4-5,9-10,12-17H2,1-3H3;1H. The molecule has 4 rings (SSSR count). The van der Waals surface area contributed by atoms with Crippen LogP contribution in [0, 0.1) is 5.41 Å². The zero-order valence-electron chi connectivity index (χ0n) is 18.8. The second-order valence-electron chi connectivity index (χ2n) is 9.49. The van der Waals surface area contributed by atoms with Crippen molar-refractivity contribution in [1.82, 2.24) is 19.4 Å². The number of carbonyl (C=O) groups excluding carboxylic acids is 2. The molecule has 0 unspecified atom stereocenters. The van der Waals surface area contributed by atoms with Gasteiger partial charge in [0.1, 0.15) is 5.82 Å². The smallest absolute Gasteiger partial charge is 0.229 e. The van der Waals surface area contributed by atoms with Gasteiger partial charge in [0.15, 0.2) is 0 Å². The van der Waals surface area contributed by atoms with Gasteiger partial charge in [-0.2, -0.15) is 0 Å². The Balaban J connectivity index is 0.00000272. The number of piperidine rings is 1. The molecular formula is C23H34ClN5O2. The first-order chi connectivity index (χ1) is 14.3. The predicted molar refractivity (Wildman–Crippen MR) is 126 cm³/mol. The molecule has 31 heavy (non-hydrogen) atoms. The molecule has 0 aromatic carbocycles.